The minimum absolute atomic E-state index is 0.170. The van der Waals surface area contributed by atoms with Crippen LogP contribution in [0.15, 0.2) is 0 Å². The lowest BCUT2D eigenvalue weighted by molar-refractivity contribution is 0.00709. The molecule has 1 rings (SSSR count). The molecule has 4 nitrogen and oxygen atoms in total. The van der Waals surface area contributed by atoms with Crippen LogP contribution in [0.4, 0.5) is 4.79 Å². The van der Waals surface area contributed by atoms with Gasteiger partial charge in [-0.25, -0.2) is 4.79 Å². The molecule has 2 atom stereocenters. The van der Waals surface area contributed by atoms with Crippen LogP contribution in [0.3, 0.4) is 0 Å². The van der Waals surface area contributed by atoms with E-state index in [9.17, 15) is 4.79 Å². The molecular formula is C19H38N2O2. The van der Waals surface area contributed by atoms with Crippen LogP contribution >= 0.6 is 0 Å². The van der Waals surface area contributed by atoms with Crippen molar-refractivity contribution >= 4 is 6.09 Å². The summed E-state index contributed by atoms with van der Waals surface area (Å²) >= 11 is 0. The number of likely N-dealkylation sites (tertiary alicyclic amines) is 1. The Balaban J connectivity index is 2.30. The maximum absolute atomic E-state index is 12.3. The fourth-order valence-electron chi connectivity index (χ4n) is 3.19. The number of amides is 1. The van der Waals surface area contributed by atoms with Crippen LogP contribution in [0.25, 0.3) is 0 Å². The van der Waals surface area contributed by atoms with Gasteiger partial charge in [-0.2, -0.15) is 0 Å². The average molecular weight is 327 g/mol. The first-order valence-electron chi connectivity index (χ1n) is 9.58. The second-order valence-corrected chi connectivity index (χ2v) is 7.88. The van der Waals surface area contributed by atoms with E-state index >= 15 is 0 Å². The van der Waals surface area contributed by atoms with Crippen LogP contribution < -0.4 is 5.32 Å². The number of ether oxygens (including phenoxy) is 1. The average Bonchev–Trinajstić information content (AvgIpc) is 2.46. The van der Waals surface area contributed by atoms with E-state index in [1.807, 2.05) is 25.7 Å². The highest BCUT2D eigenvalue weighted by molar-refractivity contribution is 5.68. The molecule has 2 unspecified atom stereocenters. The summed E-state index contributed by atoms with van der Waals surface area (Å²) in [6.45, 7) is 12.0. The summed E-state index contributed by atoms with van der Waals surface area (Å²) in [6.07, 6.45) is 9.95. The van der Waals surface area contributed by atoms with E-state index in [1.54, 1.807) is 0 Å². The van der Waals surface area contributed by atoms with Gasteiger partial charge < -0.3 is 15.0 Å². The SMILES string of the molecule is CCCCCCCCNC1CCCN(C(=O)OC(C)(C)C)C1C. The highest BCUT2D eigenvalue weighted by atomic mass is 16.6. The molecule has 1 fully saturated rings. The molecule has 1 amide bonds. The molecule has 1 aliphatic rings. The van der Waals surface area contributed by atoms with Gasteiger partial charge in [0.2, 0.25) is 0 Å². The molecule has 0 bridgehead atoms. The first-order valence-corrected chi connectivity index (χ1v) is 9.58. The second kappa shape index (κ2) is 10.2. The van der Waals surface area contributed by atoms with Gasteiger partial charge in [-0.1, -0.05) is 39.0 Å². The van der Waals surface area contributed by atoms with Gasteiger partial charge in [0.05, 0.1) is 0 Å². The van der Waals surface area contributed by atoms with Crippen LogP contribution in [-0.4, -0.2) is 41.8 Å². The maximum Gasteiger partial charge on any atom is 0.410 e. The van der Waals surface area contributed by atoms with E-state index in [2.05, 4.69) is 19.2 Å². The van der Waals surface area contributed by atoms with Gasteiger partial charge in [0, 0.05) is 18.6 Å². The number of carbonyl (C=O) groups is 1. The van der Waals surface area contributed by atoms with Crippen molar-refractivity contribution in [1.29, 1.82) is 0 Å². The molecule has 136 valence electrons. The monoisotopic (exact) mass is 326 g/mol. The Morgan fingerprint density at radius 3 is 2.48 bits per heavy atom. The summed E-state index contributed by atoms with van der Waals surface area (Å²) in [6, 6.07) is 0.602. The van der Waals surface area contributed by atoms with E-state index < -0.39 is 5.60 Å². The number of piperidine rings is 1. The fourth-order valence-corrected chi connectivity index (χ4v) is 3.19. The number of unbranched alkanes of at least 4 members (excludes halogenated alkanes) is 5. The van der Waals surface area contributed by atoms with Crippen molar-refractivity contribution in [3.63, 3.8) is 0 Å². The maximum atomic E-state index is 12.3. The molecule has 1 N–H and O–H groups in total. The molecule has 0 spiro atoms. The minimum atomic E-state index is -0.421. The number of nitrogens with zero attached hydrogens (tertiary/aromatic N) is 1. The van der Waals surface area contributed by atoms with Crippen LogP contribution in [-0.2, 0) is 4.74 Å². The number of hydrogen-bond donors (Lipinski definition) is 1. The molecule has 0 saturated carbocycles. The fraction of sp³-hybridized carbons (Fsp3) is 0.947. The van der Waals surface area contributed by atoms with E-state index in [1.165, 1.54) is 38.5 Å². The summed E-state index contributed by atoms with van der Waals surface area (Å²) in [5.41, 5.74) is -0.421. The van der Waals surface area contributed by atoms with E-state index in [4.69, 9.17) is 4.74 Å². The standard InChI is InChI=1S/C19H38N2O2/c1-6-7-8-9-10-11-14-20-17-13-12-15-21(16(17)2)18(22)23-19(3,4)5/h16-17,20H,6-15H2,1-5H3. The Kier molecular flexibility index (Phi) is 8.96. The second-order valence-electron chi connectivity index (χ2n) is 7.88. The summed E-state index contributed by atoms with van der Waals surface area (Å²) in [7, 11) is 0. The van der Waals surface area contributed by atoms with Crippen LogP contribution in [0.1, 0.15) is 86.0 Å². The molecule has 1 aliphatic heterocycles. The number of hydrogen-bond acceptors (Lipinski definition) is 3. The van der Waals surface area contributed by atoms with Crippen molar-refractivity contribution in [3.8, 4) is 0 Å². The highest BCUT2D eigenvalue weighted by Gasteiger charge is 2.33. The van der Waals surface area contributed by atoms with Crippen LogP contribution in [0.5, 0.6) is 0 Å². The highest BCUT2D eigenvalue weighted by Crippen LogP contribution is 2.20. The van der Waals surface area contributed by atoms with Crippen molar-refractivity contribution in [3.05, 3.63) is 0 Å². The van der Waals surface area contributed by atoms with Gasteiger partial charge >= 0.3 is 6.09 Å². The number of carbonyl (C=O) groups excluding carboxylic acids is 1. The van der Waals surface area contributed by atoms with Crippen molar-refractivity contribution in [2.45, 2.75) is 104 Å². The van der Waals surface area contributed by atoms with Crippen molar-refractivity contribution in [2.75, 3.05) is 13.1 Å². The predicted molar refractivity (Wildman–Crippen MR) is 96.8 cm³/mol. The smallest absolute Gasteiger partial charge is 0.410 e. The van der Waals surface area contributed by atoms with Crippen molar-refractivity contribution < 1.29 is 9.53 Å². The zero-order valence-corrected chi connectivity index (χ0v) is 16.0. The van der Waals surface area contributed by atoms with Crippen LogP contribution in [0.2, 0.25) is 0 Å². The topological polar surface area (TPSA) is 41.6 Å². The zero-order valence-electron chi connectivity index (χ0n) is 16.0. The molecule has 0 aromatic carbocycles. The molecule has 0 aromatic heterocycles. The normalized spacial score (nSPS) is 22.2. The summed E-state index contributed by atoms with van der Waals surface area (Å²) in [4.78, 5) is 14.2. The lowest BCUT2D eigenvalue weighted by Gasteiger charge is -2.40. The Hall–Kier alpha value is -0.770. The molecule has 1 saturated heterocycles. The summed E-state index contributed by atoms with van der Waals surface area (Å²) in [5.74, 6) is 0. The van der Waals surface area contributed by atoms with E-state index in [0.29, 0.717) is 6.04 Å². The first kappa shape index (κ1) is 20.3. The molecular weight excluding hydrogens is 288 g/mol. The van der Waals surface area contributed by atoms with Gasteiger partial charge in [-0.3, -0.25) is 0 Å². The molecule has 4 heteroatoms. The third-order valence-electron chi connectivity index (χ3n) is 4.55. The number of rotatable bonds is 8. The lowest BCUT2D eigenvalue weighted by Crippen LogP contribution is -2.55. The van der Waals surface area contributed by atoms with Gasteiger partial charge in [0.15, 0.2) is 0 Å². The van der Waals surface area contributed by atoms with Gasteiger partial charge in [-0.15, -0.1) is 0 Å². The lowest BCUT2D eigenvalue weighted by atomic mass is 9.97. The van der Waals surface area contributed by atoms with E-state index in [0.717, 1.165) is 25.9 Å². The first-order chi connectivity index (χ1) is 10.8. The number of nitrogens with one attached hydrogen (secondary N) is 1. The Morgan fingerprint density at radius 2 is 1.83 bits per heavy atom. The van der Waals surface area contributed by atoms with Gasteiger partial charge in [0.1, 0.15) is 5.60 Å². The summed E-state index contributed by atoms with van der Waals surface area (Å²) in [5, 5.41) is 3.66. The van der Waals surface area contributed by atoms with Gasteiger partial charge in [0.25, 0.3) is 0 Å². The predicted octanol–water partition coefficient (Wildman–Crippen LogP) is 4.72. The Morgan fingerprint density at radius 1 is 1.17 bits per heavy atom. The summed E-state index contributed by atoms with van der Waals surface area (Å²) < 4.78 is 5.54. The quantitative estimate of drug-likeness (QED) is 0.656. The third kappa shape index (κ3) is 8.05. The van der Waals surface area contributed by atoms with E-state index in [-0.39, 0.29) is 12.1 Å². The largest absolute Gasteiger partial charge is 0.444 e. The van der Waals surface area contributed by atoms with Crippen molar-refractivity contribution in [2.24, 2.45) is 0 Å². The molecule has 23 heavy (non-hydrogen) atoms. The van der Waals surface area contributed by atoms with Gasteiger partial charge in [-0.05, 0) is 53.5 Å². The molecule has 1 heterocycles. The third-order valence-corrected chi connectivity index (χ3v) is 4.55. The molecule has 0 radical (unpaired) electrons. The molecule has 0 aromatic rings. The zero-order chi connectivity index (χ0) is 17.3. The Labute approximate surface area is 143 Å². The van der Waals surface area contributed by atoms with Crippen LogP contribution in [0, 0.1) is 0 Å². The molecule has 0 aliphatic carbocycles. The van der Waals surface area contributed by atoms with Crippen molar-refractivity contribution in [1.82, 2.24) is 10.2 Å². The minimum Gasteiger partial charge on any atom is -0.444 e. The Bertz CT molecular complexity index is 339.